The van der Waals surface area contributed by atoms with Gasteiger partial charge in [0.25, 0.3) is 5.56 Å². The Kier molecular flexibility index (Phi) is 5.83. The molecule has 0 spiro atoms. The Bertz CT molecular complexity index is 1130. The van der Waals surface area contributed by atoms with E-state index in [0.29, 0.717) is 28.1 Å². The van der Waals surface area contributed by atoms with Gasteiger partial charge in [0.2, 0.25) is 0 Å². The average molecular weight is 418 g/mol. The molecule has 0 fully saturated rings. The normalized spacial score (nSPS) is 11.9. The number of ether oxygens (including phenoxy) is 1. The second kappa shape index (κ2) is 8.16. The Hall–Kier alpha value is -3.00. The highest BCUT2D eigenvalue weighted by Crippen LogP contribution is 2.37. The van der Waals surface area contributed by atoms with Gasteiger partial charge in [0, 0.05) is 55.0 Å². The number of anilines is 1. The van der Waals surface area contributed by atoms with Gasteiger partial charge in [-0.1, -0.05) is 0 Å². The van der Waals surface area contributed by atoms with Crippen LogP contribution in [0.4, 0.5) is 14.5 Å². The van der Waals surface area contributed by atoms with Crippen LogP contribution >= 0.6 is 0 Å². The van der Waals surface area contributed by atoms with E-state index in [9.17, 15) is 17.8 Å². The maximum Gasteiger partial charge on any atom is 0.253 e. The first-order chi connectivity index (χ1) is 13.7. The molecule has 2 aromatic carbocycles. The molecule has 3 aromatic rings. The van der Waals surface area contributed by atoms with Gasteiger partial charge in [-0.05, 0) is 43.3 Å². The number of hydrogen-bond acceptors (Lipinski definition) is 3. The first-order valence-electron chi connectivity index (χ1n) is 8.69. The van der Waals surface area contributed by atoms with E-state index in [4.69, 9.17) is 4.74 Å². The molecule has 8 heteroatoms. The summed E-state index contributed by atoms with van der Waals surface area (Å²) in [7, 11) is 2.06. The second-order valence-corrected chi connectivity index (χ2v) is 8.00. The maximum absolute atomic E-state index is 14.1. The minimum absolute atomic E-state index is 0.130. The molecule has 29 heavy (non-hydrogen) atoms. The summed E-state index contributed by atoms with van der Waals surface area (Å²) in [6, 6.07) is 9.83. The van der Waals surface area contributed by atoms with E-state index in [2.05, 4.69) is 0 Å². The third-order valence-electron chi connectivity index (χ3n) is 4.50. The van der Waals surface area contributed by atoms with E-state index in [1.54, 1.807) is 62.0 Å². The third kappa shape index (κ3) is 4.37. The largest absolute Gasteiger partial charge is 0.454 e. The van der Waals surface area contributed by atoms with Crippen molar-refractivity contribution in [3.05, 3.63) is 76.2 Å². The molecule has 0 saturated carbocycles. The Morgan fingerprint density at radius 3 is 2.38 bits per heavy atom. The van der Waals surface area contributed by atoms with E-state index in [1.165, 1.54) is 10.6 Å². The summed E-state index contributed by atoms with van der Waals surface area (Å²) in [5.41, 5.74) is 2.28. The minimum atomic E-state index is -1.25. The molecule has 5 nitrogen and oxygen atoms in total. The summed E-state index contributed by atoms with van der Waals surface area (Å²) in [6.45, 7) is 1.70. The number of nitrogens with zero attached hydrogens (tertiary/aromatic N) is 2. The topological polar surface area (TPSA) is 51.5 Å². The Balaban J connectivity index is 2.17. The number of aromatic nitrogens is 1. The molecule has 0 N–H and O–H groups in total. The van der Waals surface area contributed by atoms with Crippen molar-refractivity contribution in [2.24, 2.45) is 7.05 Å². The van der Waals surface area contributed by atoms with Crippen LogP contribution in [0.1, 0.15) is 5.56 Å². The lowest BCUT2D eigenvalue weighted by atomic mass is 10.0. The molecule has 1 unspecified atom stereocenters. The fourth-order valence-electron chi connectivity index (χ4n) is 2.88. The van der Waals surface area contributed by atoms with Gasteiger partial charge in [-0.15, -0.1) is 0 Å². The number of halogens is 2. The smallest absolute Gasteiger partial charge is 0.253 e. The fourth-order valence-corrected chi connectivity index (χ4v) is 3.29. The predicted molar refractivity (Wildman–Crippen MR) is 111 cm³/mol. The number of benzene rings is 2. The van der Waals surface area contributed by atoms with Crippen molar-refractivity contribution in [3.63, 3.8) is 0 Å². The van der Waals surface area contributed by atoms with Crippen LogP contribution in [0.3, 0.4) is 0 Å². The first kappa shape index (κ1) is 20.7. The molecule has 152 valence electrons. The van der Waals surface area contributed by atoms with Gasteiger partial charge >= 0.3 is 0 Å². The van der Waals surface area contributed by atoms with Crippen LogP contribution < -0.4 is 14.6 Å². The van der Waals surface area contributed by atoms with Gasteiger partial charge in [0.15, 0.2) is 11.6 Å². The Labute approximate surface area is 169 Å². The zero-order valence-corrected chi connectivity index (χ0v) is 17.2. The Morgan fingerprint density at radius 1 is 1.07 bits per heavy atom. The molecule has 1 atom stereocenters. The van der Waals surface area contributed by atoms with Gasteiger partial charge < -0.3 is 9.30 Å². The molecule has 1 heterocycles. The summed E-state index contributed by atoms with van der Waals surface area (Å²) < 4.78 is 47.9. The molecule has 0 aliphatic carbocycles. The summed E-state index contributed by atoms with van der Waals surface area (Å²) >= 11 is 0. The average Bonchev–Trinajstić information content (AvgIpc) is 2.67. The quantitative estimate of drug-likeness (QED) is 0.625. The van der Waals surface area contributed by atoms with Crippen LogP contribution in [0.5, 0.6) is 11.5 Å². The van der Waals surface area contributed by atoms with Gasteiger partial charge in [-0.3, -0.25) is 9.10 Å². The van der Waals surface area contributed by atoms with E-state index < -0.39 is 22.6 Å². The van der Waals surface area contributed by atoms with Crippen molar-refractivity contribution < 1.29 is 17.7 Å². The molecule has 0 saturated heterocycles. The van der Waals surface area contributed by atoms with E-state index in [-0.39, 0.29) is 11.3 Å². The van der Waals surface area contributed by atoms with Gasteiger partial charge in [0.1, 0.15) is 22.6 Å². The van der Waals surface area contributed by atoms with Crippen molar-refractivity contribution in [2.45, 2.75) is 6.92 Å². The van der Waals surface area contributed by atoms with Gasteiger partial charge in [-0.25, -0.2) is 13.0 Å². The van der Waals surface area contributed by atoms with Crippen molar-refractivity contribution in [1.82, 2.24) is 4.57 Å². The summed E-state index contributed by atoms with van der Waals surface area (Å²) in [6.07, 6.45) is 3.19. The molecule has 3 rings (SSSR count). The molecule has 0 aliphatic heterocycles. The minimum Gasteiger partial charge on any atom is -0.454 e. The lowest BCUT2D eigenvalue weighted by molar-refractivity contribution is 0.439. The number of rotatable bonds is 5. The van der Waals surface area contributed by atoms with E-state index in [0.717, 1.165) is 12.1 Å². The highest BCUT2D eigenvalue weighted by molar-refractivity contribution is 7.85. The van der Waals surface area contributed by atoms with Gasteiger partial charge in [0.05, 0.1) is 0 Å². The molecule has 0 radical (unpaired) electrons. The van der Waals surface area contributed by atoms with Crippen molar-refractivity contribution in [3.8, 4) is 22.6 Å². The van der Waals surface area contributed by atoms with Crippen LogP contribution in [0, 0.1) is 18.6 Å². The zero-order chi connectivity index (χ0) is 21.3. The predicted octanol–water partition coefficient (Wildman–Crippen LogP) is 4.16. The van der Waals surface area contributed by atoms with E-state index in [1.807, 2.05) is 0 Å². The third-order valence-corrected chi connectivity index (χ3v) is 5.48. The fraction of sp³-hybridized carbons (Fsp3) is 0.190. The highest BCUT2D eigenvalue weighted by Gasteiger charge is 2.16. The van der Waals surface area contributed by atoms with Crippen molar-refractivity contribution >= 4 is 16.7 Å². The van der Waals surface area contributed by atoms with E-state index >= 15 is 0 Å². The zero-order valence-electron chi connectivity index (χ0n) is 16.4. The van der Waals surface area contributed by atoms with Crippen LogP contribution in [0.2, 0.25) is 0 Å². The van der Waals surface area contributed by atoms with Crippen molar-refractivity contribution in [1.29, 1.82) is 0 Å². The van der Waals surface area contributed by atoms with Crippen LogP contribution in [0.25, 0.3) is 11.1 Å². The molecular formula is C21H20F2N2O3S. The first-order valence-corrected chi connectivity index (χ1v) is 10.2. The Morgan fingerprint density at radius 2 is 1.76 bits per heavy atom. The summed E-state index contributed by atoms with van der Waals surface area (Å²) in [5.74, 6) is -1.35. The summed E-state index contributed by atoms with van der Waals surface area (Å²) in [5, 5.41) is 0. The van der Waals surface area contributed by atoms with Crippen LogP contribution in [0.15, 0.2) is 53.5 Å². The maximum atomic E-state index is 14.1. The van der Waals surface area contributed by atoms with Crippen LogP contribution in [-0.4, -0.2) is 22.1 Å². The number of hydrogen-bond donors (Lipinski definition) is 0. The molecular weight excluding hydrogens is 398 g/mol. The molecule has 0 bridgehead atoms. The standard InChI is InChI=1S/C21H20F2N2O3S/c1-13-9-14(12-24(2)21(13)26)17-11-16(25(3)29(4)27)6-8-19(17)28-20-7-5-15(22)10-18(20)23/h5-12H,1-4H3. The highest BCUT2D eigenvalue weighted by atomic mass is 32.2. The molecule has 0 amide bonds. The monoisotopic (exact) mass is 418 g/mol. The SMILES string of the molecule is Cc1cc(-c2cc(N(C)S(C)=O)ccc2Oc2ccc(F)cc2F)cn(C)c1=O. The molecule has 1 aromatic heterocycles. The second-order valence-electron chi connectivity index (χ2n) is 6.61. The number of pyridine rings is 1. The van der Waals surface area contributed by atoms with Crippen LogP contribution in [-0.2, 0) is 18.0 Å². The summed E-state index contributed by atoms with van der Waals surface area (Å²) in [4.78, 5) is 12.1. The number of aryl methyl sites for hydroxylation is 2. The lowest BCUT2D eigenvalue weighted by Crippen LogP contribution is -2.19. The molecule has 0 aliphatic rings. The van der Waals surface area contributed by atoms with Gasteiger partial charge in [-0.2, -0.15) is 0 Å². The van der Waals surface area contributed by atoms with Crippen molar-refractivity contribution in [2.75, 3.05) is 17.6 Å². The lowest BCUT2D eigenvalue weighted by Gasteiger charge is -2.19.